The third-order valence-electron chi connectivity index (χ3n) is 3.94. The molecule has 3 rings (SSSR count). The van der Waals surface area contributed by atoms with Crippen LogP contribution in [-0.4, -0.2) is 40.1 Å². The first kappa shape index (κ1) is 19.2. The lowest BCUT2D eigenvalue weighted by atomic mass is 10.1. The van der Waals surface area contributed by atoms with Gasteiger partial charge in [-0.3, -0.25) is 29.4 Å². The molecule has 1 aliphatic heterocycles. The van der Waals surface area contributed by atoms with Crippen molar-refractivity contribution in [2.24, 2.45) is 0 Å². The first-order chi connectivity index (χ1) is 13.2. The minimum atomic E-state index is -1.52. The largest absolute Gasteiger partial charge is 0.545 e. The van der Waals surface area contributed by atoms with E-state index in [-0.39, 0.29) is 28.1 Å². The van der Waals surface area contributed by atoms with Crippen LogP contribution < -0.4 is 10.4 Å². The highest BCUT2D eigenvalue weighted by Crippen LogP contribution is 2.27. The van der Waals surface area contributed by atoms with E-state index in [9.17, 15) is 34.4 Å². The molecule has 2 aromatic carbocycles. The second-order valence-electron chi connectivity index (χ2n) is 5.71. The van der Waals surface area contributed by atoms with Crippen LogP contribution in [0.1, 0.15) is 31.1 Å². The lowest BCUT2D eigenvalue weighted by Crippen LogP contribution is -2.37. The van der Waals surface area contributed by atoms with E-state index < -0.39 is 35.2 Å². The Morgan fingerprint density at radius 2 is 1.75 bits per heavy atom. The number of hydrogen-bond donors (Lipinski definition) is 1. The molecule has 28 heavy (non-hydrogen) atoms. The van der Waals surface area contributed by atoms with E-state index in [2.05, 4.69) is 21.2 Å². The zero-order valence-electron chi connectivity index (χ0n) is 13.8. The van der Waals surface area contributed by atoms with Crippen molar-refractivity contribution in [1.29, 1.82) is 0 Å². The van der Waals surface area contributed by atoms with Crippen LogP contribution in [0.4, 0.5) is 11.4 Å². The van der Waals surface area contributed by atoms with Crippen molar-refractivity contribution in [3.05, 3.63) is 67.7 Å². The maximum absolute atomic E-state index is 12.4. The molecule has 0 unspecified atom stereocenters. The fourth-order valence-corrected chi connectivity index (χ4v) is 3.02. The van der Waals surface area contributed by atoms with E-state index >= 15 is 0 Å². The number of carboxylic acid groups (broad SMARTS) is 1. The van der Waals surface area contributed by atoms with Crippen molar-refractivity contribution in [3.63, 3.8) is 0 Å². The van der Waals surface area contributed by atoms with Crippen molar-refractivity contribution in [2.45, 2.75) is 0 Å². The number of nitrogens with one attached hydrogen (secondary N) is 1. The topological polar surface area (TPSA) is 150 Å². The molecule has 0 bridgehead atoms. The summed E-state index contributed by atoms with van der Waals surface area (Å²) in [6, 6.07) is 7.24. The Hall–Kier alpha value is -3.60. The van der Waals surface area contributed by atoms with Crippen LogP contribution in [0.25, 0.3) is 0 Å². The number of amides is 3. The van der Waals surface area contributed by atoms with E-state index in [4.69, 9.17) is 0 Å². The summed E-state index contributed by atoms with van der Waals surface area (Å²) in [6.45, 7) is -0.692. The number of nitro benzene ring substituents is 1. The summed E-state index contributed by atoms with van der Waals surface area (Å²) in [5.74, 6) is -3.98. The molecule has 142 valence electrons. The number of aromatic carboxylic acids is 1. The summed E-state index contributed by atoms with van der Waals surface area (Å²) < 4.78 is 0.451. The first-order valence-corrected chi connectivity index (χ1v) is 8.43. The maximum atomic E-state index is 12.4. The molecule has 10 nitrogen and oxygen atoms in total. The second kappa shape index (κ2) is 7.19. The van der Waals surface area contributed by atoms with E-state index in [1.165, 1.54) is 18.2 Å². The molecule has 3 amide bonds. The van der Waals surface area contributed by atoms with Gasteiger partial charge in [0.2, 0.25) is 5.91 Å². The minimum Gasteiger partial charge on any atom is -0.545 e. The summed E-state index contributed by atoms with van der Waals surface area (Å²) >= 11 is 3.10. The van der Waals surface area contributed by atoms with Gasteiger partial charge in [-0.25, -0.2) is 0 Å². The number of non-ortho nitro benzene ring substituents is 1. The molecule has 0 radical (unpaired) electrons. The predicted molar refractivity (Wildman–Crippen MR) is 95.6 cm³/mol. The van der Waals surface area contributed by atoms with Gasteiger partial charge in [-0.1, -0.05) is 15.9 Å². The Balaban J connectivity index is 1.80. The number of hydrogen-bond acceptors (Lipinski definition) is 7. The van der Waals surface area contributed by atoms with Gasteiger partial charge < -0.3 is 15.2 Å². The van der Waals surface area contributed by atoms with Crippen LogP contribution >= 0.6 is 15.9 Å². The average Bonchev–Trinajstić information content (AvgIpc) is 2.87. The summed E-state index contributed by atoms with van der Waals surface area (Å²) in [4.78, 5) is 58.9. The molecular formula is C17H9BrN3O7-. The number of rotatable bonds is 5. The van der Waals surface area contributed by atoms with Crippen molar-refractivity contribution >= 4 is 51.0 Å². The number of benzene rings is 2. The van der Waals surface area contributed by atoms with Gasteiger partial charge in [0.15, 0.2) is 0 Å². The van der Waals surface area contributed by atoms with Gasteiger partial charge in [-0.05, 0) is 24.3 Å². The summed E-state index contributed by atoms with van der Waals surface area (Å²) in [5.41, 5.74) is -0.950. The number of carbonyl (C=O) groups excluding carboxylic acids is 4. The minimum absolute atomic E-state index is 0.0533. The molecule has 0 aliphatic carbocycles. The normalized spacial score (nSPS) is 12.7. The highest BCUT2D eigenvalue weighted by atomic mass is 79.9. The molecule has 1 N–H and O–H groups in total. The van der Waals surface area contributed by atoms with Gasteiger partial charge in [0.25, 0.3) is 17.5 Å². The maximum Gasteiger partial charge on any atom is 0.270 e. The molecule has 0 fully saturated rings. The second-order valence-corrected chi connectivity index (χ2v) is 6.62. The van der Waals surface area contributed by atoms with Crippen LogP contribution in [-0.2, 0) is 4.79 Å². The Bertz CT molecular complexity index is 1070. The predicted octanol–water partition coefficient (Wildman–Crippen LogP) is 0.955. The SMILES string of the molecule is O=C(CN1C(=O)c2ccc([N+](=O)[O-])cc2C1=O)Nc1ccc(Br)cc1C(=O)[O-]. The first-order valence-electron chi connectivity index (χ1n) is 7.64. The highest BCUT2D eigenvalue weighted by Gasteiger charge is 2.37. The van der Waals surface area contributed by atoms with E-state index in [1.54, 1.807) is 0 Å². The number of fused-ring (bicyclic) bond motifs is 1. The molecule has 0 saturated heterocycles. The van der Waals surface area contributed by atoms with Gasteiger partial charge in [0.05, 0.1) is 22.0 Å². The summed E-state index contributed by atoms with van der Waals surface area (Å²) in [6.07, 6.45) is 0. The van der Waals surface area contributed by atoms with E-state index in [0.29, 0.717) is 9.37 Å². The lowest BCUT2D eigenvalue weighted by Gasteiger charge is -2.16. The van der Waals surface area contributed by atoms with Crippen LogP contribution in [0.3, 0.4) is 0 Å². The van der Waals surface area contributed by atoms with Crippen LogP contribution in [0.15, 0.2) is 40.9 Å². The van der Waals surface area contributed by atoms with E-state index in [1.807, 2.05) is 0 Å². The van der Waals surface area contributed by atoms with Gasteiger partial charge in [-0.15, -0.1) is 0 Å². The number of carboxylic acids is 1. The van der Waals surface area contributed by atoms with Crippen LogP contribution in [0.5, 0.6) is 0 Å². The smallest absolute Gasteiger partial charge is 0.270 e. The lowest BCUT2D eigenvalue weighted by molar-refractivity contribution is -0.384. The zero-order valence-corrected chi connectivity index (χ0v) is 15.4. The van der Waals surface area contributed by atoms with Crippen LogP contribution in [0.2, 0.25) is 0 Å². The monoisotopic (exact) mass is 446 g/mol. The summed E-state index contributed by atoms with van der Waals surface area (Å²) in [7, 11) is 0. The van der Waals surface area contributed by atoms with E-state index in [0.717, 1.165) is 18.2 Å². The Labute approximate surface area is 165 Å². The number of halogens is 1. The third kappa shape index (κ3) is 3.47. The number of carbonyl (C=O) groups is 4. The average molecular weight is 447 g/mol. The Kier molecular flexibility index (Phi) is 4.92. The highest BCUT2D eigenvalue weighted by molar-refractivity contribution is 9.10. The van der Waals surface area contributed by atoms with Gasteiger partial charge in [0, 0.05) is 27.9 Å². The standard InChI is InChI=1S/C17H10BrN3O7/c18-8-1-4-13(12(5-8)17(25)26)19-14(22)7-20-15(23)10-3-2-9(21(27)28)6-11(10)16(20)24/h1-6H,7H2,(H,19,22)(H,25,26)/p-1. The van der Waals surface area contributed by atoms with Crippen molar-refractivity contribution in [1.82, 2.24) is 4.90 Å². The number of anilines is 1. The molecule has 0 atom stereocenters. The number of imide groups is 1. The molecular weight excluding hydrogens is 438 g/mol. The molecule has 0 aromatic heterocycles. The molecule has 0 spiro atoms. The van der Waals surface area contributed by atoms with Gasteiger partial charge in [0.1, 0.15) is 6.54 Å². The zero-order chi connectivity index (χ0) is 20.6. The Morgan fingerprint density at radius 1 is 1.07 bits per heavy atom. The number of nitrogens with zero attached hydrogens (tertiary/aromatic N) is 2. The van der Waals surface area contributed by atoms with Crippen LogP contribution in [0, 0.1) is 10.1 Å². The van der Waals surface area contributed by atoms with Crippen molar-refractivity contribution in [3.8, 4) is 0 Å². The fourth-order valence-electron chi connectivity index (χ4n) is 2.66. The molecule has 1 heterocycles. The Morgan fingerprint density at radius 3 is 2.39 bits per heavy atom. The molecule has 11 heteroatoms. The van der Waals surface area contributed by atoms with Gasteiger partial charge in [-0.2, -0.15) is 0 Å². The van der Waals surface area contributed by atoms with Crippen molar-refractivity contribution in [2.75, 3.05) is 11.9 Å². The van der Waals surface area contributed by atoms with Gasteiger partial charge >= 0.3 is 0 Å². The number of nitro groups is 1. The fraction of sp³-hybridized carbons (Fsp3) is 0.0588. The molecule has 2 aromatic rings. The molecule has 0 saturated carbocycles. The molecule has 1 aliphatic rings. The third-order valence-corrected chi connectivity index (χ3v) is 4.44. The summed E-state index contributed by atoms with van der Waals surface area (Å²) in [5, 5.41) is 24.3. The van der Waals surface area contributed by atoms with Crippen molar-refractivity contribution < 1.29 is 29.2 Å². The quantitative estimate of drug-likeness (QED) is 0.407.